The molecule has 0 aromatic carbocycles. The fraction of sp³-hybridized carbons (Fsp3) is 0.583. The number of rotatable bonds is 2. The van der Waals surface area contributed by atoms with Gasteiger partial charge in [-0.05, 0) is 48.2 Å². The fourth-order valence-corrected chi connectivity index (χ4v) is 3.12. The third kappa shape index (κ3) is 2.92. The van der Waals surface area contributed by atoms with E-state index in [1.165, 1.54) is 12.8 Å². The van der Waals surface area contributed by atoms with Crippen LogP contribution in [0.2, 0.25) is 5.02 Å². The molecule has 2 N–H and O–H groups in total. The highest BCUT2D eigenvalue weighted by Crippen LogP contribution is 2.31. The molecule has 1 saturated heterocycles. The van der Waals surface area contributed by atoms with Gasteiger partial charge in [-0.2, -0.15) is 0 Å². The van der Waals surface area contributed by atoms with E-state index in [1.54, 1.807) is 6.20 Å². The van der Waals surface area contributed by atoms with Crippen LogP contribution in [0.5, 0.6) is 0 Å². The molecule has 3 nitrogen and oxygen atoms in total. The number of piperidine rings is 1. The average Bonchev–Trinajstić information content (AvgIpc) is 2.29. The van der Waals surface area contributed by atoms with Crippen LogP contribution in [0, 0.1) is 0 Å². The Morgan fingerprint density at radius 3 is 3.00 bits per heavy atom. The van der Waals surface area contributed by atoms with Crippen molar-refractivity contribution < 1.29 is 0 Å². The van der Waals surface area contributed by atoms with Crippen LogP contribution in [0.15, 0.2) is 16.7 Å². The molecule has 1 aromatic rings. The lowest BCUT2D eigenvalue weighted by Gasteiger charge is -2.39. The molecule has 5 heteroatoms. The maximum atomic E-state index is 6.26. The lowest BCUT2D eigenvalue weighted by Crippen LogP contribution is -2.49. The molecule has 2 atom stereocenters. The molecule has 2 unspecified atom stereocenters. The molecule has 0 bridgehead atoms. The van der Waals surface area contributed by atoms with E-state index in [0.717, 1.165) is 23.3 Å². The van der Waals surface area contributed by atoms with Crippen LogP contribution >= 0.6 is 27.5 Å². The van der Waals surface area contributed by atoms with Gasteiger partial charge in [0.25, 0.3) is 0 Å². The van der Waals surface area contributed by atoms with Crippen LogP contribution in [0.4, 0.5) is 5.82 Å². The molecule has 1 aromatic heterocycles. The first-order valence-electron chi connectivity index (χ1n) is 5.93. The Morgan fingerprint density at radius 1 is 1.59 bits per heavy atom. The van der Waals surface area contributed by atoms with Gasteiger partial charge in [0.2, 0.25) is 0 Å². The normalized spacial score (nSPS) is 22.6. The second-order valence-electron chi connectivity index (χ2n) is 4.57. The number of hydrogen-bond acceptors (Lipinski definition) is 3. The molecular weight excluding hydrogens is 302 g/mol. The van der Waals surface area contributed by atoms with E-state index in [-0.39, 0.29) is 6.04 Å². The Balaban J connectivity index is 2.29. The standard InChI is InChI=1S/C12H17BrClN3/c1-8(15)11-4-2-3-5-17(11)12-10(14)6-9(13)7-16-12/h6-8,11H,2-5,15H2,1H3. The van der Waals surface area contributed by atoms with E-state index in [0.29, 0.717) is 11.1 Å². The Morgan fingerprint density at radius 2 is 2.35 bits per heavy atom. The first kappa shape index (κ1) is 13.1. The van der Waals surface area contributed by atoms with E-state index in [9.17, 15) is 0 Å². The highest BCUT2D eigenvalue weighted by atomic mass is 79.9. The molecule has 0 aliphatic carbocycles. The minimum atomic E-state index is 0.136. The van der Waals surface area contributed by atoms with Crippen LogP contribution in [0.3, 0.4) is 0 Å². The fourth-order valence-electron chi connectivity index (χ4n) is 2.39. The van der Waals surface area contributed by atoms with Crippen LogP contribution in [-0.4, -0.2) is 23.6 Å². The molecule has 1 aliphatic rings. The summed E-state index contributed by atoms with van der Waals surface area (Å²) in [4.78, 5) is 6.68. The zero-order valence-corrected chi connectivity index (χ0v) is 12.2. The van der Waals surface area contributed by atoms with Gasteiger partial charge < -0.3 is 10.6 Å². The minimum Gasteiger partial charge on any atom is -0.351 e. The van der Waals surface area contributed by atoms with Crippen molar-refractivity contribution >= 4 is 33.3 Å². The van der Waals surface area contributed by atoms with Crippen LogP contribution < -0.4 is 10.6 Å². The average molecular weight is 319 g/mol. The monoisotopic (exact) mass is 317 g/mol. The number of hydrogen-bond donors (Lipinski definition) is 1. The molecule has 1 fully saturated rings. The third-order valence-electron chi connectivity index (χ3n) is 3.22. The number of aromatic nitrogens is 1. The summed E-state index contributed by atoms with van der Waals surface area (Å²) in [6.07, 6.45) is 5.31. The topological polar surface area (TPSA) is 42.1 Å². The van der Waals surface area contributed by atoms with Crippen molar-refractivity contribution in [3.05, 3.63) is 21.8 Å². The molecule has 0 spiro atoms. The second-order valence-corrected chi connectivity index (χ2v) is 5.90. The van der Waals surface area contributed by atoms with Gasteiger partial charge in [-0.3, -0.25) is 0 Å². The van der Waals surface area contributed by atoms with E-state index in [1.807, 2.05) is 6.07 Å². The van der Waals surface area contributed by atoms with E-state index in [4.69, 9.17) is 17.3 Å². The summed E-state index contributed by atoms with van der Waals surface area (Å²) in [6.45, 7) is 3.04. The number of halogens is 2. The van der Waals surface area contributed by atoms with Crippen molar-refractivity contribution in [1.82, 2.24) is 4.98 Å². The quantitative estimate of drug-likeness (QED) is 0.910. The van der Waals surface area contributed by atoms with Crippen molar-refractivity contribution in [3.8, 4) is 0 Å². The van der Waals surface area contributed by atoms with Gasteiger partial charge in [-0.15, -0.1) is 0 Å². The summed E-state index contributed by atoms with van der Waals surface area (Å²) in [5, 5.41) is 0.687. The van der Waals surface area contributed by atoms with Crippen LogP contribution in [-0.2, 0) is 0 Å². The Hall–Kier alpha value is -0.320. The van der Waals surface area contributed by atoms with E-state index >= 15 is 0 Å². The van der Waals surface area contributed by atoms with Crippen molar-refractivity contribution in [3.63, 3.8) is 0 Å². The van der Waals surface area contributed by atoms with Gasteiger partial charge in [0.15, 0.2) is 0 Å². The molecule has 2 heterocycles. The lowest BCUT2D eigenvalue weighted by molar-refractivity contribution is 0.411. The summed E-state index contributed by atoms with van der Waals surface area (Å²) in [6, 6.07) is 2.36. The molecule has 0 saturated carbocycles. The first-order valence-corrected chi connectivity index (χ1v) is 7.10. The molecule has 0 radical (unpaired) electrons. The van der Waals surface area contributed by atoms with E-state index in [2.05, 4.69) is 32.7 Å². The van der Waals surface area contributed by atoms with E-state index < -0.39 is 0 Å². The number of nitrogens with two attached hydrogens (primary N) is 1. The van der Waals surface area contributed by atoms with Gasteiger partial charge >= 0.3 is 0 Å². The minimum absolute atomic E-state index is 0.136. The Labute approximate surface area is 115 Å². The summed E-state index contributed by atoms with van der Waals surface area (Å²) < 4.78 is 0.903. The summed E-state index contributed by atoms with van der Waals surface area (Å²) >= 11 is 9.63. The third-order valence-corrected chi connectivity index (χ3v) is 3.93. The highest BCUT2D eigenvalue weighted by Gasteiger charge is 2.27. The van der Waals surface area contributed by atoms with Crippen LogP contribution in [0.1, 0.15) is 26.2 Å². The zero-order valence-electron chi connectivity index (χ0n) is 9.87. The van der Waals surface area contributed by atoms with Crippen molar-refractivity contribution in [2.75, 3.05) is 11.4 Å². The van der Waals surface area contributed by atoms with Crippen LogP contribution in [0.25, 0.3) is 0 Å². The van der Waals surface area contributed by atoms with Crippen molar-refractivity contribution in [2.24, 2.45) is 5.73 Å². The molecule has 17 heavy (non-hydrogen) atoms. The molecule has 0 amide bonds. The maximum Gasteiger partial charge on any atom is 0.147 e. The number of anilines is 1. The van der Waals surface area contributed by atoms with Crippen molar-refractivity contribution in [1.29, 1.82) is 0 Å². The SMILES string of the molecule is CC(N)C1CCCCN1c1ncc(Br)cc1Cl. The summed E-state index contributed by atoms with van der Waals surface area (Å²) in [5.41, 5.74) is 6.05. The van der Waals surface area contributed by atoms with Gasteiger partial charge in [-0.25, -0.2) is 4.98 Å². The molecule has 1 aliphatic heterocycles. The first-order chi connectivity index (χ1) is 8.09. The maximum absolute atomic E-state index is 6.26. The molecule has 94 valence electrons. The van der Waals surface area contributed by atoms with Gasteiger partial charge in [0, 0.05) is 29.3 Å². The predicted octanol–water partition coefficient (Wildman–Crippen LogP) is 3.20. The lowest BCUT2D eigenvalue weighted by atomic mass is 9.97. The Bertz CT molecular complexity index is 397. The zero-order chi connectivity index (χ0) is 12.4. The smallest absolute Gasteiger partial charge is 0.147 e. The van der Waals surface area contributed by atoms with Gasteiger partial charge in [0.05, 0.1) is 5.02 Å². The number of pyridine rings is 1. The Kier molecular flexibility index (Phi) is 4.28. The highest BCUT2D eigenvalue weighted by molar-refractivity contribution is 9.10. The summed E-state index contributed by atoms with van der Waals surface area (Å²) in [5.74, 6) is 0.858. The number of nitrogens with zero attached hydrogens (tertiary/aromatic N) is 2. The van der Waals surface area contributed by atoms with Gasteiger partial charge in [0.1, 0.15) is 5.82 Å². The predicted molar refractivity (Wildman–Crippen MR) is 75.6 cm³/mol. The molecular formula is C12H17BrClN3. The largest absolute Gasteiger partial charge is 0.351 e. The van der Waals surface area contributed by atoms with Gasteiger partial charge in [-0.1, -0.05) is 11.6 Å². The summed E-state index contributed by atoms with van der Waals surface area (Å²) in [7, 11) is 0. The second kappa shape index (κ2) is 5.55. The molecule has 2 rings (SSSR count). The van der Waals surface area contributed by atoms with Crippen molar-refractivity contribution in [2.45, 2.75) is 38.3 Å².